The summed E-state index contributed by atoms with van der Waals surface area (Å²) in [7, 11) is 0. The number of aryl methyl sites for hydroxylation is 1. The van der Waals surface area contributed by atoms with Gasteiger partial charge in [0.25, 0.3) is 0 Å². The predicted octanol–water partition coefficient (Wildman–Crippen LogP) is 4.48. The highest BCUT2D eigenvalue weighted by molar-refractivity contribution is 8.00. The number of benzene rings is 2. The summed E-state index contributed by atoms with van der Waals surface area (Å²) in [6.45, 7) is 1.98. The summed E-state index contributed by atoms with van der Waals surface area (Å²) in [5.41, 5.74) is 2.09. The van der Waals surface area contributed by atoms with Gasteiger partial charge >= 0.3 is 0 Å². The molecule has 0 saturated carbocycles. The Labute approximate surface area is 142 Å². The van der Waals surface area contributed by atoms with Crippen molar-refractivity contribution >= 4 is 33.3 Å². The molecule has 114 valence electrons. The third-order valence-electron chi connectivity index (χ3n) is 3.41. The quantitative estimate of drug-likeness (QED) is 0.515. The van der Waals surface area contributed by atoms with Crippen molar-refractivity contribution in [1.82, 2.24) is 19.7 Å². The van der Waals surface area contributed by atoms with E-state index in [9.17, 15) is 0 Å². The zero-order chi connectivity index (χ0) is 15.6. The van der Waals surface area contributed by atoms with E-state index >= 15 is 0 Å². The van der Waals surface area contributed by atoms with Gasteiger partial charge < -0.3 is 0 Å². The molecule has 0 radical (unpaired) electrons. The second-order valence-corrected chi connectivity index (χ2v) is 7.31. The molecule has 0 spiro atoms. The summed E-state index contributed by atoms with van der Waals surface area (Å²) in [5, 5.41) is 4.61. The molecule has 2 aromatic heterocycles. The maximum atomic E-state index is 4.63. The minimum atomic E-state index is 0.723. The molecule has 4 rings (SSSR count). The van der Waals surface area contributed by atoms with Gasteiger partial charge in [-0.15, -0.1) is 11.3 Å². The van der Waals surface area contributed by atoms with Crippen LogP contribution in [0.25, 0.3) is 15.9 Å². The molecule has 4 nitrogen and oxygen atoms in total. The zero-order valence-electron chi connectivity index (χ0n) is 12.5. The van der Waals surface area contributed by atoms with Crippen LogP contribution in [0.1, 0.15) is 11.6 Å². The molecule has 2 aromatic carbocycles. The fourth-order valence-electron chi connectivity index (χ4n) is 2.36. The molecule has 0 unspecified atom stereocenters. The smallest absolute Gasteiger partial charge is 0.161 e. The topological polar surface area (TPSA) is 43.6 Å². The van der Waals surface area contributed by atoms with E-state index in [1.54, 1.807) is 23.1 Å². The highest BCUT2D eigenvalue weighted by Crippen LogP contribution is 2.30. The summed E-state index contributed by atoms with van der Waals surface area (Å²) in [6, 6.07) is 18.3. The normalized spacial score (nSPS) is 11.2. The van der Waals surface area contributed by atoms with E-state index in [1.807, 2.05) is 60.1 Å². The van der Waals surface area contributed by atoms with E-state index in [0.29, 0.717) is 0 Å². The number of hydrogen-bond donors (Lipinski definition) is 0. The Morgan fingerprint density at radius 2 is 1.78 bits per heavy atom. The second kappa shape index (κ2) is 6.14. The number of thioether (sulfide) groups is 1. The van der Waals surface area contributed by atoms with Gasteiger partial charge in [-0.25, -0.2) is 14.6 Å². The van der Waals surface area contributed by atoms with Crippen LogP contribution in [0.5, 0.6) is 0 Å². The van der Waals surface area contributed by atoms with Gasteiger partial charge in [0.2, 0.25) is 0 Å². The number of fused-ring (bicyclic) bond motifs is 1. The van der Waals surface area contributed by atoms with Crippen molar-refractivity contribution < 1.29 is 0 Å². The number of nitrogens with zero attached hydrogens (tertiary/aromatic N) is 4. The summed E-state index contributed by atoms with van der Waals surface area (Å²) < 4.78 is 4.16. The number of para-hydroxylation sites is 2. The Balaban J connectivity index is 1.53. The van der Waals surface area contributed by atoms with Gasteiger partial charge in [0.15, 0.2) is 10.2 Å². The van der Waals surface area contributed by atoms with Gasteiger partial charge in [0.1, 0.15) is 5.82 Å². The van der Waals surface area contributed by atoms with Crippen LogP contribution < -0.4 is 0 Å². The van der Waals surface area contributed by atoms with Gasteiger partial charge in [-0.1, -0.05) is 42.1 Å². The van der Waals surface area contributed by atoms with Gasteiger partial charge in [-0.05, 0) is 31.2 Å². The Hall–Kier alpha value is -2.18. The first-order valence-corrected chi connectivity index (χ1v) is 9.06. The van der Waals surface area contributed by atoms with Gasteiger partial charge in [0.05, 0.1) is 21.7 Å². The van der Waals surface area contributed by atoms with Crippen molar-refractivity contribution in [2.75, 3.05) is 0 Å². The number of aromatic nitrogens is 4. The maximum absolute atomic E-state index is 4.63. The molecule has 0 amide bonds. The molecule has 23 heavy (non-hydrogen) atoms. The summed E-state index contributed by atoms with van der Waals surface area (Å²) >= 11 is 3.40. The number of hydrogen-bond acceptors (Lipinski definition) is 5. The first-order valence-electron chi connectivity index (χ1n) is 7.26. The maximum Gasteiger partial charge on any atom is 0.161 e. The monoisotopic (exact) mass is 338 g/mol. The van der Waals surface area contributed by atoms with Crippen LogP contribution in [0.4, 0.5) is 0 Å². The highest BCUT2D eigenvalue weighted by Gasteiger charge is 2.10. The molecule has 0 N–H and O–H groups in total. The van der Waals surface area contributed by atoms with E-state index in [0.717, 1.165) is 32.9 Å². The zero-order valence-corrected chi connectivity index (χ0v) is 14.1. The average Bonchev–Trinajstić information content (AvgIpc) is 3.16. The lowest BCUT2D eigenvalue weighted by Crippen LogP contribution is -1.98. The molecule has 0 fully saturated rings. The lowest BCUT2D eigenvalue weighted by atomic mass is 10.3. The molecule has 0 aliphatic heterocycles. The second-order valence-electron chi connectivity index (χ2n) is 5.06. The van der Waals surface area contributed by atoms with E-state index < -0.39 is 0 Å². The summed E-state index contributed by atoms with van der Waals surface area (Å²) in [6.07, 6.45) is 0. The summed E-state index contributed by atoms with van der Waals surface area (Å²) in [4.78, 5) is 9.20. The fraction of sp³-hybridized carbons (Fsp3) is 0.118. The van der Waals surface area contributed by atoms with Crippen LogP contribution in [-0.2, 0) is 5.75 Å². The van der Waals surface area contributed by atoms with Crippen LogP contribution in [-0.4, -0.2) is 19.7 Å². The van der Waals surface area contributed by atoms with Gasteiger partial charge in [-0.3, -0.25) is 0 Å². The van der Waals surface area contributed by atoms with Crippen molar-refractivity contribution in [2.45, 2.75) is 17.0 Å². The fourth-order valence-corrected chi connectivity index (χ4v) is 4.27. The first kappa shape index (κ1) is 14.4. The predicted molar refractivity (Wildman–Crippen MR) is 95.3 cm³/mol. The number of rotatable bonds is 4. The molecule has 0 atom stereocenters. The lowest BCUT2D eigenvalue weighted by molar-refractivity contribution is 0.829. The van der Waals surface area contributed by atoms with E-state index in [-0.39, 0.29) is 0 Å². The standard InChI is InChI=1S/C17H14N4S2/c1-12-18-16(20-21(12)13-7-3-2-4-8-13)11-22-17-19-14-9-5-6-10-15(14)23-17/h2-10H,11H2,1H3. The Kier molecular flexibility index (Phi) is 3.85. The van der Waals surface area contributed by atoms with Crippen LogP contribution in [0.2, 0.25) is 0 Å². The number of thiazole rings is 1. The SMILES string of the molecule is Cc1nc(CSc2nc3ccccc3s2)nn1-c1ccccc1. The molecule has 0 bridgehead atoms. The van der Waals surface area contributed by atoms with Crippen molar-refractivity contribution in [3.05, 3.63) is 66.2 Å². The minimum Gasteiger partial charge on any atom is -0.230 e. The third kappa shape index (κ3) is 3.00. The lowest BCUT2D eigenvalue weighted by Gasteiger charge is -2.00. The van der Waals surface area contributed by atoms with Crippen LogP contribution in [0.3, 0.4) is 0 Å². The van der Waals surface area contributed by atoms with Crippen LogP contribution in [0, 0.1) is 6.92 Å². The Morgan fingerprint density at radius 3 is 2.61 bits per heavy atom. The average molecular weight is 338 g/mol. The molecule has 0 aliphatic rings. The van der Waals surface area contributed by atoms with E-state index in [1.165, 1.54) is 4.70 Å². The van der Waals surface area contributed by atoms with Gasteiger partial charge in [0, 0.05) is 0 Å². The van der Waals surface area contributed by atoms with Crippen LogP contribution in [0.15, 0.2) is 58.9 Å². The Morgan fingerprint density at radius 1 is 1.00 bits per heavy atom. The molecule has 0 saturated heterocycles. The van der Waals surface area contributed by atoms with Crippen molar-refractivity contribution in [2.24, 2.45) is 0 Å². The third-order valence-corrected chi connectivity index (χ3v) is 5.59. The summed E-state index contributed by atoms with van der Waals surface area (Å²) in [5.74, 6) is 2.45. The van der Waals surface area contributed by atoms with Crippen molar-refractivity contribution in [3.63, 3.8) is 0 Å². The molecule has 0 aliphatic carbocycles. The molecule has 4 aromatic rings. The van der Waals surface area contributed by atoms with Crippen molar-refractivity contribution in [1.29, 1.82) is 0 Å². The van der Waals surface area contributed by atoms with Crippen molar-refractivity contribution in [3.8, 4) is 5.69 Å². The molecule has 2 heterocycles. The molecular formula is C17H14N4S2. The molecule has 6 heteroatoms. The molecular weight excluding hydrogens is 324 g/mol. The Bertz CT molecular complexity index is 911. The van der Waals surface area contributed by atoms with E-state index in [2.05, 4.69) is 21.1 Å². The first-order chi connectivity index (χ1) is 11.3. The van der Waals surface area contributed by atoms with Gasteiger partial charge in [-0.2, -0.15) is 5.10 Å². The largest absolute Gasteiger partial charge is 0.230 e. The minimum absolute atomic E-state index is 0.723. The highest BCUT2D eigenvalue weighted by atomic mass is 32.2. The van der Waals surface area contributed by atoms with E-state index in [4.69, 9.17) is 0 Å². The van der Waals surface area contributed by atoms with Crippen LogP contribution >= 0.6 is 23.1 Å².